The summed E-state index contributed by atoms with van der Waals surface area (Å²) in [5, 5.41) is 9.17. The van der Waals surface area contributed by atoms with Crippen LogP contribution >= 0.6 is 24.0 Å². The molecule has 1 aromatic heterocycles. The molecule has 2 aromatic rings. The molecule has 0 bridgehead atoms. The molecule has 2 aliphatic rings. The third kappa shape index (κ3) is 4.16. The van der Waals surface area contributed by atoms with Crippen molar-refractivity contribution in [2.75, 3.05) is 0 Å². The Kier molecular flexibility index (Phi) is 5.61. The van der Waals surface area contributed by atoms with E-state index in [2.05, 4.69) is 0 Å². The number of aliphatic carboxylic acids is 1. The lowest BCUT2D eigenvalue weighted by Crippen LogP contribution is -2.41. The highest BCUT2D eigenvalue weighted by Gasteiger charge is 2.39. The molecule has 2 heterocycles. The van der Waals surface area contributed by atoms with E-state index in [-0.39, 0.29) is 17.9 Å². The Labute approximate surface area is 178 Å². The van der Waals surface area contributed by atoms with E-state index in [1.807, 2.05) is 43.3 Å². The van der Waals surface area contributed by atoms with Gasteiger partial charge in [0.1, 0.15) is 15.8 Å². The SMILES string of the molecule is Cc1ccc(-c2ccc(/C=C3/SC(=S)N(C4CCC(C(=O)O)CC4)C3=O)o2)cc1. The van der Waals surface area contributed by atoms with Crippen LogP contribution in [-0.4, -0.2) is 32.2 Å². The monoisotopic (exact) mass is 427 g/mol. The lowest BCUT2D eigenvalue weighted by molar-refractivity contribution is -0.143. The van der Waals surface area contributed by atoms with E-state index in [0.717, 1.165) is 11.3 Å². The summed E-state index contributed by atoms with van der Waals surface area (Å²) in [7, 11) is 0. The molecule has 7 heteroatoms. The summed E-state index contributed by atoms with van der Waals surface area (Å²) < 4.78 is 6.44. The zero-order chi connectivity index (χ0) is 20.5. The number of aryl methyl sites for hydroxylation is 1. The van der Waals surface area contributed by atoms with E-state index in [1.165, 1.54) is 17.3 Å². The summed E-state index contributed by atoms with van der Waals surface area (Å²) in [6.07, 6.45) is 4.21. The predicted octanol–water partition coefficient (Wildman–Crippen LogP) is 5.10. The van der Waals surface area contributed by atoms with Gasteiger partial charge in [0.25, 0.3) is 5.91 Å². The quantitative estimate of drug-likeness (QED) is 0.541. The molecule has 29 heavy (non-hydrogen) atoms. The number of nitrogens with zero attached hydrogens (tertiary/aromatic N) is 1. The van der Waals surface area contributed by atoms with E-state index >= 15 is 0 Å². The smallest absolute Gasteiger partial charge is 0.306 e. The maximum absolute atomic E-state index is 12.9. The van der Waals surface area contributed by atoms with Gasteiger partial charge in [0.15, 0.2) is 0 Å². The largest absolute Gasteiger partial charge is 0.481 e. The number of carboxylic acids is 1. The Morgan fingerprint density at radius 3 is 2.52 bits per heavy atom. The fourth-order valence-corrected chi connectivity index (χ4v) is 5.19. The second-order valence-electron chi connectivity index (χ2n) is 7.46. The molecule has 1 N–H and O–H groups in total. The number of carbonyl (C=O) groups is 2. The highest BCUT2D eigenvalue weighted by atomic mass is 32.2. The van der Waals surface area contributed by atoms with Crippen LogP contribution in [0.25, 0.3) is 17.4 Å². The van der Waals surface area contributed by atoms with Gasteiger partial charge in [-0.2, -0.15) is 0 Å². The van der Waals surface area contributed by atoms with Gasteiger partial charge in [-0.3, -0.25) is 14.5 Å². The molecular formula is C22H21NO4S2. The summed E-state index contributed by atoms with van der Waals surface area (Å²) in [4.78, 5) is 26.3. The summed E-state index contributed by atoms with van der Waals surface area (Å²) in [5.74, 6) is 0.167. The van der Waals surface area contributed by atoms with E-state index in [9.17, 15) is 9.59 Å². The van der Waals surface area contributed by atoms with Crippen molar-refractivity contribution in [1.29, 1.82) is 0 Å². The van der Waals surface area contributed by atoms with Crippen LogP contribution in [0.2, 0.25) is 0 Å². The second kappa shape index (κ2) is 8.16. The molecule has 1 aliphatic carbocycles. The van der Waals surface area contributed by atoms with Gasteiger partial charge in [-0.15, -0.1) is 0 Å². The molecule has 0 spiro atoms. The lowest BCUT2D eigenvalue weighted by Gasteiger charge is -2.32. The number of amides is 1. The highest BCUT2D eigenvalue weighted by molar-refractivity contribution is 8.26. The standard InChI is InChI=1S/C22H21NO4S2/c1-13-2-4-14(5-3-13)18-11-10-17(27-18)12-19-20(24)23(22(28)29-19)16-8-6-15(7-9-16)21(25)26/h2-5,10-12,15-16H,6-9H2,1H3,(H,25,26)/b19-12+. The van der Waals surface area contributed by atoms with Crippen molar-refractivity contribution in [3.05, 3.63) is 52.6 Å². The number of hydrogen-bond donors (Lipinski definition) is 1. The molecule has 0 radical (unpaired) electrons. The van der Waals surface area contributed by atoms with Crippen molar-refractivity contribution >= 4 is 46.3 Å². The normalized spacial score (nSPS) is 23.8. The topological polar surface area (TPSA) is 70.8 Å². The summed E-state index contributed by atoms with van der Waals surface area (Å²) in [6.45, 7) is 2.04. The van der Waals surface area contributed by atoms with Crippen molar-refractivity contribution in [1.82, 2.24) is 4.90 Å². The summed E-state index contributed by atoms with van der Waals surface area (Å²) >= 11 is 6.72. The van der Waals surface area contributed by atoms with Crippen molar-refractivity contribution in [2.45, 2.75) is 38.6 Å². The Hall–Kier alpha value is -2.38. The number of benzene rings is 1. The molecule has 2 fully saturated rings. The third-order valence-corrected chi connectivity index (χ3v) is 6.80. The van der Waals surface area contributed by atoms with Crippen LogP contribution in [0.5, 0.6) is 0 Å². The number of thioether (sulfide) groups is 1. The molecule has 1 amide bonds. The van der Waals surface area contributed by atoms with Crippen LogP contribution in [0.1, 0.15) is 37.0 Å². The molecule has 5 nitrogen and oxygen atoms in total. The van der Waals surface area contributed by atoms with Crippen molar-refractivity contribution < 1.29 is 19.1 Å². The van der Waals surface area contributed by atoms with Crippen molar-refractivity contribution in [3.63, 3.8) is 0 Å². The van der Waals surface area contributed by atoms with Gasteiger partial charge in [-0.05, 0) is 44.7 Å². The van der Waals surface area contributed by atoms with E-state index in [1.54, 1.807) is 11.0 Å². The minimum absolute atomic E-state index is 0.0243. The first-order valence-electron chi connectivity index (χ1n) is 9.59. The van der Waals surface area contributed by atoms with Gasteiger partial charge in [-0.25, -0.2) is 0 Å². The number of carboxylic acid groups (broad SMARTS) is 1. The fourth-order valence-electron chi connectivity index (χ4n) is 3.81. The van der Waals surface area contributed by atoms with Gasteiger partial charge in [-0.1, -0.05) is 53.8 Å². The first-order valence-corrected chi connectivity index (χ1v) is 10.8. The van der Waals surface area contributed by atoms with Crippen LogP contribution in [0.3, 0.4) is 0 Å². The van der Waals surface area contributed by atoms with E-state index in [0.29, 0.717) is 40.7 Å². The van der Waals surface area contributed by atoms with Crippen LogP contribution in [0, 0.1) is 12.8 Å². The Balaban J connectivity index is 1.48. The molecule has 1 saturated heterocycles. The molecule has 1 aliphatic heterocycles. The van der Waals surface area contributed by atoms with Crippen LogP contribution in [-0.2, 0) is 9.59 Å². The number of furan rings is 1. The summed E-state index contributed by atoms with van der Waals surface area (Å²) in [6, 6.07) is 11.8. The van der Waals surface area contributed by atoms with Gasteiger partial charge in [0.05, 0.1) is 10.8 Å². The van der Waals surface area contributed by atoms with Gasteiger partial charge < -0.3 is 9.52 Å². The van der Waals surface area contributed by atoms with E-state index < -0.39 is 5.97 Å². The van der Waals surface area contributed by atoms with Crippen molar-refractivity contribution in [2.24, 2.45) is 5.92 Å². The first-order chi connectivity index (χ1) is 13.9. The average molecular weight is 428 g/mol. The lowest BCUT2D eigenvalue weighted by atomic mass is 9.85. The predicted molar refractivity (Wildman–Crippen MR) is 117 cm³/mol. The molecule has 0 unspecified atom stereocenters. The maximum atomic E-state index is 12.9. The van der Waals surface area contributed by atoms with Crippen LogP contribution in [0.4, 0.5) is 0 Å². The maximum Gasteiger partial charge on any atom is 0.306 e. The van der Waals surface area contributed by atoms with Crippen molar-refractivity contribution in [3.8, 4) is 11.3 Å². The molecule has 1 aromatic carbocycles. The fraction of sp³-hybridized carbons (Fsp3) is 0.318. The average Bonchev–Trinajstić information content (AvgIpc) is 3.27. The number of thiocarbonyl (C=S) groups is 1. The minimum atomic E-state index is -0.754. The number of hydrogen-bond acceptors (Lipinski definition) is 5. The third-order valence-electron chi connectivity index (χ3n) is 5.47. The second-order valence-corrected chi connectivity index (χ2v) is 9.14. The molecule has 150 valence electrons. The first kappa shape index (κ1) is 19.9. The zero-order valence-corrected chi connectivity index (χ0v) is 17.6. The highest BCUT2D eigenvalue weighted by Crippen LogP contribution is 2.38. The summed E-state index contributed by atoms with van der Waals surface area (Å²) in [5.41, 5.74) is 2.17. The molecular weight excluding hydrogens is 406 g/mol. The van der Waals surface area contributed by atoms with Gasteiger partial charge in [0.2, 0.25) is 0 Å². The zero-order valence-electron chi connectivity index (χ0n) is 16.0. The van der Waals surface area contributed by atoms with E-state index in [4.69, 9.17) is 21.7 Å². The van der Waals surface area contributed by atoms with Gasteiger partial charge >= 0.3 is 5.97 Å². The molecule has 4 rings (SSSR count). The minimum Gasteiger partial charge on any atom is -0.481 e. The molecule has 1 saturated carbocycles. The Morgan fingerprint density at radius 1 is 1.17 bits per heavy atom. The Bertz CT molecular complexity index is 984. The van der Waals surface area contributed by atoms with Crippen LogP contribution in [0.15, 0.2) is 45.7 Å². The van der Waals surface area contributed by atoms with Gasteiger partial charge in [0, 0.05) is 17.7 Å². The molecule has 0 atom stereocenters. The number of carbonyl (C=O) groups excluding carboxylic acids is 1. The van der Waals surface area contributed by atoms with Crippen LogP contribution < -0.4 is 0 Å². The number of rotatable bonds is 4. The Morgan fingerprint density at radius 2 is 1.86 bits per heavy atom.